The Labute approximate surface area is 119 Å². The van der Waals surface area contributed by atoms with Crippen molar-refractivity contribution < 1.29 is 4.74 Å². The maximum absolute atomic E-state index is 6.20. The number of methoxy groups -OCH3 is 1. The lowest BCUT2D eigenvalue weighted by molar-refractivity contribution is 0.414. The van der Waals surface area contributed by atoms with Crippen molar-refractivity contribution in [1.82, 2.24) is 5.32 Å². The molecule has 19 heavy (non-hydrogen) atoms. The number of hydrogen-bond donors (Lipinski definition) is 1. The maximum Gasteiger partial charge on any atom is 0.119 e. The number of benzene rings is 2. The molecule has 3 heteroatoms. The minimum atomic E-state index is 0.760. The van der Waals surface area contributed by atoms with Crippen LogP contribution >= 0.6 is 11.6 Å². The smallest absolute Gasteiger partial charge is 0.119 e. The summed E-state index contributed by atoms with van der Waals surface area (Å²) in [6.07, 6.45) is 0. The molecule has 2 rings (SSSR count). The van der Waals surface area contributed by atoms with Crippen molar-refractivity contribution in [2.24, 2.45) is 0 Å². The number of nitrogens with one attached hydrogen (secondary N) is 1. The summed E-state index contributed by atoms with van der Waals surface area (Å²) in [5.41, 5.74) is 3.50. The van der Waals surface area contributed by atoms with E-state index in [1.165, 1.54) is 11.1 Å². The summed E-state index contributed by atoms with van der Waals surface area (Å²) in [5, 5.41) is 4.21. The average Bonchev–Trinajstić information content (AvgIpc) is 2.41. The average molecular weight is 276 g/mol. The van der Waals surface area contributed by atoms with E-state index >= 15 is 0 Å². The Bertz CT molecular complexity index is 554. The van der Waals surface area contributed by atoms with Crippen molar-refractivity contribution in [2.45, 2.75) is 20.0 Å². The Morgan fingerprint density at radius 1 is 1.11 bits per heavy atom. The summed E-state index contributed by atoms with van der Waals surface area (Å²) in [5.74, 6) is 0.882. The van der Waals surface area contributed by atoms with Crippen molar-refractivity contribution in [2.75, 3.05) is 7.11 Å². The highest BCUT2D eigenvalue weighted by molar-refractivity contribution is 6.31. The van der Waals surface area contributed by atoms with Crippen molar-refractivity contribution >= 4 is 11.6 Å². The van der Waals surface area contributed by atoms with Crippen LogP contribution in [0.3, 0.4) is 0 Å². The molecule has 0 bridgehead atoms. The molecule has 2 aromatic rings. The lowest BCUT2D eigenvalue weighted by Gasteiger charge is -2.08. The van der Waals surface area contributed by atoms with Crippen LogP contribution in [0.4, 0.5) is 0 Å². The fourth-order valence-electron chi connectivity index (χ4n) is 1.92. The highest BCUT2D eigenvalue weighted by atomic mass is 35.5. The summed E-state index contributed by atoms with van der Waals surface area (Å²) in [6.45, 7) is 3.59. The van der Waals surface area contributed by atoms with Crippen LogP contribution in [0, 0.1) is 6.92 Å². The number of rotatable bonds is 5. The van der Waals surface area contributed by atoms with Gasteiger partial charge < -0.3 is 10.1 Å². The van der Waals surface area contributed by atoms with Crippen LogP contribution in [0.5, 0.6) is 5.75 Å². The van der Waals surface area contributed by atoms with E-state index in [-0.39, 0.29) is 0 Å². The van der Waals surface area contributed by atoms with Gasteiger partial charge in [0.1, 0.15) is 5.75 Å². The minimum Gasteiger partial charge on any atom is -0.497 e. The first-order valence-corrected chi connectivity index (χ1v) is 6.65. The van der Waals surface area contributed by atoms with Gasteiger partial charge >= 0.3 is 0 Å². The molecular formula is C16H18ClNO. The largest absolute Gasteiger partial charge is 0.497 e. The zero-order chi connectivity index (χ0) is 13.7. The van der Waals surface area contributed by atoms with E-state index in [2.05, 4.69) is 23.5 Å². The van der Waals surface area contributed by atoms with E-state index in [1.807, 2.05) is 31.2 Å². The van der Waals surface area contributed by atoms with Crippen molar-refractivity contribution in [1.29, 1.82) is 0 Å². The standard InChI is InChI=1S/C16H18ClNO/c1-12-6-7-14(16(17)8-12)11-18-10-13-4-3-5-15(9-13)19-2/h3-9,18H,10-11H2,1-2H3. The fraction of sp³-hybridized carbons (Fsp3) is 0.250. The maximum atomic E-state index is 6.20. The topological polar surface area (TPSA) is 21.3 Å². The van der Waals surface area contributed by atoms with Crippen LogP contribution in [-0.4, -0.2) is 7.11 Å². The predicted octanol–water partition coefficient (Wildman–Crippen LogP) is 3.95. The van der Waals surface area contributed by atoms with Gasteiger partial charge in [-0.05, 0) is 41.8 Å². The van der Waals surface area contributed by atoms with Gasteiger partial charge in [0, 0.05) is 18.1 Å². The van der Waals surface area contributed by atoms with Gasteiger partial charge in [-0.2, -0.15) is 0 Å². The Morgan fingerprint density at radius 2 is 1.95 bits per heavy atom. The molecule has 2 nitrogen and oxygen atoms in total. The molecule has 0 saturated carbocycles. The third kappa shape index (κ3) is 3.98. The van der Waals surface area contributed by atoms with Gasteiger partial charge in [-0.25, -0.2) is 0 Å². The molecule has 0 atom stereocenters. The van der Waals surface area contributed by atoms with E-state index in [1.54, 1.807) is 7.11 Å². The van der Waals surface area contributed by atoms with Gasteiger partial charge in [-0.3, -0.25) is 0 Å². The van der Waals surface area contributed by atoms with Crippen molar-refractivity contribution in [3.63, 3.8) is 0 Å². The highest BCUT2D eigenvalue weighted by Crippen LogP contribution is 2.17. The quantitative estimate of drug-likeness (QED) is 0.892. The zero-order valence-electron chi connectivity index (χ0n) is 11.2. The van der Waals surface area contributed by atoms with Crippen LogP contribution in [-0.2, 0) is 13.1 Å². The van der Waals surface area contributed by atoms with Crippen LogP contribution < -0.4 is 10.1 Å². The van der Waals surface area contributed by atoms with Gasteiger partial charge in [0.15, 0.2) is 0 Å². The van der Waals surface area contributed by atoms with Gasteiger partial charge in [0.25, 0.3) is 0 Å². The molecule has 0 saturated heterocycles. The third-order valence-electron chi connectivity index (χ3n) is 2.99. The number of ether oxygens (including phenoxy) is 1. The van der Waals surface area contributed by atoms with Crippen LogP contribution in [0.2, 0.25) is 5.02 Å². The van der Waals surface area contributed by atoms with Gasteiger partial charge in [-0.15, -0.1) is 0 Å². The highest BCUT2D eigenvalue weighted by Gasteiger charge is 2.01. The number of aryl methyl sites for hydroxylation is 1. The predicted molar refractivity (Wildman–Crippen MR) is 79.7 cm³/mol. The summed E-state index contributed by atoms with van der Waals surface area (Å²) in [6, 6.07) is 14.2. The normalized spacial score (nSPS) is 10.5. The molecule has 0 aliphatic heterocycles. The molecule has 0 aliphatic carbocycles. The first-order valence-electron chi connectivity index (χ1n) is 6.27. The summed E-state index contributed by atoms with van der Waals surface area (Å²) < 4.78 is 5.20. The minimum absolute atomic E-state index is 0.760. The van der Waals surface area contributed by atoms with Crippen molar-refractivity contribution in [3.8, 4) is 5.75 Å². The summed E-state index contributed by atoms with van der Waals surface area (Å²) in [7, 11) is 1.68. The number of hydrogen-bond acceptors (Lipinski definition) is 2. The second-order valence-corrected chi connectivity index (χ2v) is 4.96. The molecular weight excluding hydrogens is 258 g/mol. The third-order valence-corrected chi connectivity index (χ3v) is 3.34. The lowest BCUT2D eigenvalue weighted by atomic mass is 10.1. The molecule has 1 N–H and O–H groups in total. The van der Waals surface area contributed by atoms with Crippen LogP contribution in [0.25, 0.3) is 0 Å². The van der Waals surface area contributed by atoms with Gasteiger partial charge in [0.2, 0.25) is 0 Å². The van der Waals surface area contributed by atoms with Crippen LogP contribution in [0.1, 0.15) is 16.7 Å². The Morgan fingerprint density at radius 3 is 2.68 bits per heavy atom. The molecule has 100 valence electrons. The van der Waals surface area contributed by atoms with E-state index in [4.69, 9.17) is 16.3 Å². The number of halogens is 1. The molecule has 0 aromatic heterocycles. The molecule has 0 heterocycles. The molecule has 0 radical (unpaired) electrons. The fourth-order valence-corrected chi connectivity index (χ4v) is 2.22. The molecule has 0 unspecified atom stereocenters. The van der Waals surface area contributed by atoms with E-state index < -0.39 is 0 Å². The molecule has 2 aromatic carbocycles. The van der Waals surface area contributed by atoms with E-state index in [0.29, 0.717) is 0 Å². The zero-order valence-corrected chi connectivity index (χ0v) is 12.0. The lowest BCUT2D eigenvalue weighted by Crippen LogP contribution is -2.13. The van der Waals surface area contributed by atoms with Gasteiger partial charge in [0.05, 0.1) is 7.11 Å². The second-order valence-electron chi connectivity index (χ2n) is 4.55. The first-order chi connectivity index (χ1) is 9.19. The molecule has 0 amide bonds. The van der Waals surface area contributed by atoms with Crippen LogP contribution in [0.15, 0.2) is 42.5 Å². The van der Waals surface area contributed by atoms with E-state index in [9.17, 15) is 0 Å². The molecule has 0 spiro atoms. The summed E-state index contributed by atoms with van der Waals surface area (Å²) >= 11 is 6.20. The Hall–Kier alpha value is -1.51. The SMILES string of the molecule is COc1cccc(CNCc2ccc(C)cc2Cl)c1. The summed E-state index contributed by atoms with van der Waals surface area (Å²) in [4.78, 5) is 0. The van der Waals surface area contributed by atoms with Crippen molar-refractivity contribution in [3.05, 3.63) is 64.2 Å². The first kappa shape index (κ1) is 13.9. The second kappa shape index (κ2) is 6.60. The van der Waals surface area contributed by atoms with E-state index in [0.717, 1.165) is 29.4 Å². The molecule has 0 fully saturated rings. The monoisotopic (exact) mass is 275 g/mol. The Kier molecular flexibility index (Phi) is 4.83. The molecule has 0 aliphatic rings. The Balaban J connectivity index is 1.92. The van der Waals surface area contributed by atoms with Gasteiger partial charge in [-0.1, -0.05) is 35.9 Å².